The number of furan rings is 1. The minimum atomic E-state index is -3.65. The van der Waals surface area contributed by atoms with Gasteiger partial charge in [-0.15, -0.1) is 0 Å². The van der Waals surface area contributed by atoms with Gasteiger partial charge in [-0.25, -0.2) is 13.1 Å². The van der Waals surface area contributed by atoms with Crippen LogP contribution in [0, 0.1) is 0 Å². The van der Waals surface area contributed by atoms with Crippen molar-refractivity contribution < 1.29 is 17.9 Å². The Labute approximate surface area is 114 Å². The van der Waals surface area contributed by atoms with Crippen molar-refractivity contribution in [1.29, 1.82) is 0 Å². The Hall–Kier alpha value is -0.890. The fourth-order valence-electron chi connectivity index (χ4n) is 1.63. The first-order valence-corrected chi connectivity index (χ1v) is 7.94. The van der Waals surface area contributed by atoms with Gasteiger partial charge in [-0.3, -0.25) is 0 Å². The van der Waals surface area contributed by atoms with Crippen molar-refractivity contribution in [3.05, 3.63) is 17.9 Å². The van der Waals surface area contributed by atoms with Crippen molar-refractivity contribution in [1.82, 2.24) is 10.0 Å². The van der Waals surface area contributed by atoms with E-state index in [1.807, 2.05) is 13.8 Å². The number of sulfonamides is 1. The lowest BCUT2D eigenvalue weighted by Crippen LogP contribution is -2.34. The van der Waals surface area contributed by atoms with Crippen molar-refractivity contribution in [2.45, 2.75) is 44.4 Å². The van der Waals surface area contributed by atoms with Crippen LogP contribution in [0.2, 0.25) is 0 Å². The van der Waals surface area contributed by atoms with Crippen LogP contribution in [0.1, 0.15) is 32.4 Å². The normalized spacial score (nSPS) is 13.6. The van der Waals surface area contributed by atoms with Crippen molar-refractivity contribution in [3.8, 4) is 0 Å². The van der Waals surface area contributed by atoms with E-state index in [9.17, 15) is 8.42 Å². The van der Waals surface area contributed by atoms with Gasteiger partial charge >= 0.3 is 0 Å². The van der Waals surface area contributed by atoms with Crippen molar-refractivity contribution >= 4 is 10.0 Å². The van der Waals surface area contributed by atoms with Crippen LogP contribution in [0.4, 0.5) is 0 Å². The molecule has 1 aromatic heterocycles. The highest BCUT2D eigenvalue weighted by atomic mass is 32.2. The second kappa shape index (κ2) is 7.64. The van der Waals surface area contributed by atoms with E-state index in [-0.39, 0.29) is 17.7 Å². The van der Waals surface area contributed by atoms with E-state index in [4.69, 9.17) is 9.52 Å². The zero-order valence-corrected chi connectivity index (χ0v) is 12.2. The molecule has 0 fully saturated rings. The maximum absolute atomic E-state index is 12.1. The Balaban J connectivity index is 2.73. The van der Waals surface area contributed by atoms with Crippen molar-refractivity contribution in [2.24, 2.45) is 0 Å². The lowest BCUT2D eigenvalue weighted by atomic mass is 10.2. The number of rotatable bonds is 9. The van der Waals surface area contributed by atoms with Gasteiger partial charge in [-0.1, -0.05) is 13.8 Å². The van der Waals surface area contributed by atoms with Gasteiger partial charge in [0.15, 0.2) is 0 Å². The summed E-state index contributed by atoms with van der Waals surface area (Å²) in [5, 5.41) is 11.8. The minimum absolute atomic E-state index is 0.0507. The van der Waals surface area contributed by atoms with Crippen molar-refractivity contribution in [2.75, 3.05) is 13.2 Å². The largest absolute Gasteiger partial charge is 0.447 e. The first-order valence-electron chi connectivity index (χ1n) is 6.46. The molecule has 7 heteroatoms. The van der Waals surface area contributed by atoms with Crippen LogP contribution < -0.4 is 10.0 Å². The predicted octanol–water partition coefficient (Wildman–Crippen LogP) is 0.828. The molecule has 0 saturated carbocycles. The molecule has 0 amide bonds. The summed E-state index contributed by atoms with van der Waals surface area (Å²) in [4.78, 5) is 0. The van der Waals surface area contributed by atoms with Crippen LogP contribution in [0.25, 0.3) is 0 Å². The Morgan fingerprint density at radius 3 is 2.68 bits per heavy atom. The van der Waals surface area contributed by atoms with Gasteiger partial charge in [0, 0.05) is 12.6 Å². The molecule has 1 unspecified atom stereocenters. The molecule has 0 aliphatic carbocycles. The molecule has 0 bridgehead atoms. The average molecular weight is 290 g/mol. The summed E-state index contributed by atoms with van der Waals surface area (Å²) in [6, 6.07) is 2.81. The zero-order chi connectivity index (χ0) is 14.3. The van der Waals surface area contributed by atoms with Crippen LogP contribution in [0.5, 0.6) is 0 Å². The first-order chi connectivity index (χ1) is 9.03. The lowest BCUT2D eigenvalue weighted by molar-refractivity contribution is 0.269. The van der Waals surface area contributed by atoms with Gasteiger partial charge in [0.05, 0.1) is 6.54 Å². The number of aliphatic hydroxyl groups is 1. The van der Waals surface area contributed by atoms with E-state index < -0.39 is 10.0 Å². The van der Waals surface area contributed by atoms with Crippen LogP contribution in [0.15, 0.2) is 21.6 Å². The van der Waals surface area contributed by atoms with Gasteiger partial charge in [-0.2, -0.15) is 0 Å². The number of hydrogen-bond donors (Lipinski definition) is 3. The molecule has 110 valence electrons. The molecule has 1 atom stereocenters. The van der Waals surface area contributed by atoms with Crippen LogP contribution in [-0.2, 0) is 16.6 Å². The van der Waals surface area contributed by atoms with E-state index >= 15 is 0 Å². The van der Waals surface area contributed by atoms with Crippen LogP contribution in [-0.4, -0.2) is 32.7 Å². The third-order valence-corrected chi connectivity index (χ3v) is 4.14. The summed E-state index contributed by atoms with van der Waals surface area (Å²) >= 11 is 0. The highest BCUT2D eigenvalue weighted by Crippen LogP contribution is 2.15. The minimum Gasteiger partial charge on any atom is -0.447 e. The topological polar surface area (TPSA) is 91.6 Å². The predicted molar refractivity (Wildman–Crippen MR) is 72.2 cm³/mol. The summed E-state index contributed by atoms with van der Waals surface area (Å²) in [6.07, 6.45) is 1.01. The van der Waals surface area contributed by atoms with Crippen molar-refractivity contribution in [3.63, 3.8) is 0 Å². The average Bonchev–Trinajstić information content (AvgIpc) is 2.85. The standard InChI is InChI=1S/C12H22N2O4S/c1-3-10(7-8-15)14-19(16,17)12-6-5-11(18-12)9-13-4-2/h5-6,10,13-15H,3-4,7-9H2,1-2H3. The Morgan fingerprint density at radius 2 is 2.11 bits per heavy atom. The number of nitrogens with one attached hydrogen (secondary N) is 2. The highest BCUT2D eigenvalue weighted by Gasteiger charge is 2.22. The summed E-state index contributed by atoms with van der Waals surface area (Å²) in [5.74, 6) is 0.581. The van der Waals surface area contributed by atoms with E-state index in [2.05, 4.69) is 10.0 Å². The molecule has 0 spiro atoms. The summed E-state index contributed by atoms with van der Waals surface area (Å²) in [6.45, 7) is 5.06. The van der Waals surface area contributed by atoms with Crippen LogP contribution in [0.3, 0.4) is 0 Å². The van der Waals surface area contributed by atoms with E-state index in [1.54, 1.807) is 6.07 Å². The molecule has 3 N–H and O–H groups in total. The molecule has 1 heterocycles. The molecule has 0 radical (unpaired) electrons. The van der Waals surface area contributed by atoms with E-state index in [1.165, 1.54) is 6.07 Å². The van der Waals surface area contributed by atoms with Gasteiger partial charge < -0.3 is 14.8 Å². The van der Waals surface area contributed by atoms with Gasteiger partial charge in [-0.05, 0) is 31.5 Å². The molecular formula is C12H22N2O4S. The maximum Gasteiger partial charge on any atom is 0.274 e. The molecule has 6 nitrogen and oxygen atoms in total. The van der Waals surface area contributed by atoms with Gasteiger partial charge in [0.25, 0.3) is 10.0 Å². The molecule has 0 aliphatic heterocycles. The maximum atomic E-state index is 12.1. The van der Waals surface area contributed by atoms with Gasteiger partial charge in [0.1, 0.15) is 5.76 Å². The summed E-state index contributed by atoms with van der Waals surface area (Å²) < 4.78 is 31.9. The molecule has 0 aliphatic rings. The summed E-state index contributed by atoms with van der Waals surface area (Å²) in [7, 11) is -3.65. The quantitative estimate of drug-likeness (QED) is 0.626. The monoisotopic (exact) mass is 290 g/mol. The highest BCUT2D eigenvalue weighted by molar-refractivity contribution is 7.89. The second-order valence-corrected chi connectivity index (χ2v) is 5.88. The molecule has 0 saturated heterocycles. The molecule has 19 heavy (non-hydrogen) atoms. The molecular weight excluding hydrogens is 268 g/mol. The first kappa shape index (κ1) is 16.2. The number of aliphatic hydroxyl groups excluding tert-OH is 1. The van der Waals surface area contributed by atoms with E-state index in [0.29, 0.717) is 25.1 Å². The Kier molecular flexibility index (Phi) is 6.50. The van der Waals surface area contributed by atoms with Crippen LogP contribution >= 0.6 is 0 Å². The fraction of sp³-hybridized carbons (Fsp3) is 0.667. The smallest absolute Gasteiger partial charge is 0.274 e. The Morgan fingerprint density at radius 1 is 1.37 bits per heavy atom. The molecule has 0 aromatic carbocycles. The Bertz CT molecular complexity index is 470. The summed E-state index contributed by atoms with van der Waals surface area (Å²) in [5.41, 5.74) is 0. The third kappa shape index (κ3) is 4.94. The number of hydrogen-bond acceptors (Lipinski definition) is 5. The fourth-order valence-corrected chi connectivity index (χ4v) is 2.93. The zero-order valence-electron chi connectivity index (χ0n) is 11.3. The SMILES string of the molecule is CCNCc1ccc(S(=O)(=O)NC(CC)CCO)o1. The molecule has 1 rings (SSSR count). The third-order valence-electron chi connectivity index (χ3n) is 2.74. The lowest BCUT2D eigenvalue weighted by Gasteiger charge is -2.14. The molecule has 1 aromatic rings. The second-order valence-electron chi connectivity index (χ2n) is 4.24. The van der Waals surface area contributed by atoms with Gasteiger partial charge in [0.2, 0.25) is 5.09 Å². The van der Waals surface area contributed by atoms with E-state index in [0.717, 1.165) is 6.54 Å².